The number of nitrogens with zero attached hydrogens (tertiary/aromatic N) is 1. The Morgan fingerprint density at radius 3 is 2.59 bits per heavy atom. The summed E-state index contributed by atoms with van der Waals surface area (Å²) in [5.74, 6) is 1.47. The molecule has 1 aromatic heterocycles. The molecule has 1 aromatic carbocycles. The largest absolute Gasteiger partial charge is 0.465 e. The second-order valence-corrected chi connectivity index (χ2v) is 5.81. The highest BCUT2D eigenvalue weighted by Gasteiger charge is 2.21. The normalized spacial score (nSPS) is 16.3. The molecule has 1 amide bonds. The number of hydrogen-bond acceptors (Lipinski definition) is 2. The zero-order chi connectivity index (χ0) is 15.2. The first-order valence-corrected chi connectivity index (χ1v) is 7.86. The summed E-state index contributed by atoms with van der Waals surface area (Å²) in [5.41, 5.74) is 1.39. The highest BCUT2D eigenvalue weighted by atomic mass is 16.3. The van der Waals surface area contributed by atoms with Crippen LogP contribution in [-0.2, 0) is 11.2 Å². The van der Waals surface area contributed by atoms with Crippen LogP contribution < -0.4 is 0 Å². The molecular weight excluding hydrogens is 274 g/mol. The van der Waals surface area contributed by atoms with Gasteiger partial charge in [-0.05, 0) is 49.0 Å². The Morgan fingerprint density at radius 1 is 1.14 bits per heavy atom. The minimum Gasteiger partial charge on any atom is -0.465 e. The molecule has 114 valence electrons. The molecule has 2 heterocycles. The molecular formula is C19H21NO2. The summed E-state index contributed by atoms with van der Waals surface area (Å²) in [6, 6.07) is 14.3. The predicted molar refractivity (Wildman–Crippen MR) is 87.2 cm³/mol. The van der Waals surface area contributed by atoms with Crippen LogP contribution in [0.25, 0.3) is 6.08 Å². The summed E-state index contributed by atoms with van der Waals surface area (Å²) in [6.45, 7) is 1.69. The van der Waals surface area contributed by atoms with Crippen molar-refractivity contribution in [3.8, 4) is 0 Å². The Hall–Kier alpha value is -2.29. The van der Waals surface area contributed by atoms with E-state index in [4.69, 9.17) is 4.42 Å². The van der Waals surface area contributed by atoms with Crippen molar-refractivity contribution >= 4 is 12.0 Å². The first-order chi connectivity index (χ1) is 10.8. The van der Waals surface area contributed by atoms with E-state index in [1.54, 1.807) is 18.4 Å². The first-order valence-electron chi connectivity index (χ1n) is 7.86. The standard InChI is InChI=1S/C19H21NO2/c21-19(9-8-18-7-4-14-22-18)20-12-10-17(11-13-20)15-16-5-2-1-3-6-16/h1-9,14,17H,10-13,15H2/b9-8+. The van der Waals surface area contributed by atoms with E-state index in [1.165, 1.54) is 5.56 Å². The van der Waals surface area contributed by atoms with Gasteiger partial charge in [-0.25, -0.2) is 0 Å². The van der Waals surface area contributed by atoms with E-state index < -0.39 is 0 Å². The SMILES string of the molecule is O=C(/C=C/c1ccco1)N1CCC(Cc2ccccc2)CC1. The van der Waals surface area contributed by atoms with Crippen molar-refractivity contribution in [1.29, 1.82) is 0 Å². The minimum absolute atomic E-state index is 0.0783. The summed E-state index contributed by atoms with van der Waals surface area (Å²) < 4.78 is 5.20. The van der Waals surface area contributed by atoms with Gasteiger partial charge in [0, 0.05) is 19.2 Å². The van der Waals surface area contributed by atoms with Crippen LogP contribution in [0.1, 0.15) is 24.2 Å². The van der Waals surface area contributed by atoms with Crippen molar-refractivity contribution in [2.24, 2.45) is 5.92 Å². The molecule has 0 N–H and O–H groups in total. The number of hydrogen-bond donors (Lipinski definition) is 0. The van der Waals surface area contributed by atoms with E-state index in [0.717, 1.165) is 32.4 Å². The molecule has 0 aliphatic carbocycles. The number of likely N-dealkylation sites (tertiary alicyclic amines) is 1. The van der Waals surface area contributed by atoms with Crippen LogP contribution in [-0.4, -0.2) is 23.9 Å². The summed E-state index contributed by atoms with van der Waals surface area (Å²) in [6.07, 6.45) is 8.23. The molecule has 1 aliphatic rings. The second-order valence-electron chi connectivity index (χ2n) is 5.81. The first kappa shape index (κ1) is 14.6. The van der Waals surface area contributed by atoms with Crippen LogP contribution in [0.3, 0.4) is 0 Å². The highest BCUT2D eigenvalue weighted by Crippen LogP contribution is 2.22. The van der Waals surface area contributed by atoms with Crippen LogP contribution in [0.4, 0.5) is 0 Å². The van der Waals surface area contributed by atoms with Gasteiger partial charge in [-0.3, -0.25) is 4.79 Å². The molecule has 3 nitrogen and oxygen atoms in total. The fourth-order valence-electron chi connectivity index (χ4n) is 2.95. The maximum atomic E-state index is 12.2. The van der Waals surface area contributed by atoms with Crippen LogP contribution in [0, 0.1) is 5.92 Å². The quantitative estimate of drug-likeness (QED) is 0.804. The van der Waals surface area contributed by atoms with Crippen LogP contribution in [0.5, 0.6) is 0 Å². The van der Waals surface area contributed by atoms with Crippen molar-refractivity contribution in [3.63, 3.8) is 0 Å². The van der Waals surface area contributed by atoms with Crippen molar-refractivity contribution in [1.82, 2.24) is 4.90 Å². The Bertz CT molecular complexity index is 608. The van der Waals surface area contributed by atoms with Gasteiger partial charge in [-0.1, -0.05) is 30.3 Å². The highest BCUT2D eigenvalue weighted by molar-refractivity contribution is 5.91. The van der Waals surface area contributed by atoms with Crippen LogP contribution in [0.2, 0.25) is 0 Å². The van der Waals surface area contributed by atoms with Gasteiger partial charge in [0.25, 0.3) is 0 Å². The lowest BCUT2D eigenvalue weighted by Gasteiger charge is -2.31. The average Bonchev–Trinajstić information content (AvgIpc) is 3.08. The lowest BCUT2D eigenvalue weighted by atomic mass is 9.90. The summed E-state index contributed by atoms with van der Waals surface area (Å²) >= 11 is 0. The van der Waals surface area contributed by atoms with Crippen molar-refractivity contribution in [2.45, 2.75) is 19.3 Å². The van der Waals surface area contributed by atoms with Crippen molar-refractivity contribution < 1.29 is 9.21 Å². The second kappa shape index (κ2) is 7.12. The maximum absolute atomic E-state index is 12.2. The Labute approximate surface area is 131 Å². The van der Waals surface area contributed by atoms with Crippen LogP contribution >= 0.6 is 0 Å². The van der Waals surface area contributed by atoms with Gasteiger partial charge in [-0.2, -0.15) is 0 Å². The molecule has 22 heavy (non-hydrogen) atoms. The number of carbonyl (C=O) groups is 1. The number of carbonyl (C=O) groups excluding carboxylic acids is 1. The smallest absolute Gasteiger partial charge is 0.246 e. The fourth-order valence-corrected chi connectivity index (χ4v) is 2.95. The number of furan rings is 1. The van der Waals surface area contributed by atoms with E-state index in [0.29, 0.717) is 11.7 Å². The number of rotatable bonds is 4. The van der Waals surface area contributed by atoms with Gasteiger partial charge in [0.15, 0.2) is 0 Å². The minimum atomic E-state index is 0.0783. The van der Waals surface area contributed by atoms with E-state index in [1.807, 2.05) is 17.0 Å². The zero-order valence-corrected chi connectivity index (χ0v) is 12.7. The van der Waals surface area contributed by atoms with Crippen molar-refractivity contribution in [2.75, 3.05) is 13.1 Å². The fraction of sp³-hybridized carbons (Fsp3) is 0.316. The lowest BCUT2D eigenvalue weighted by Crippen LogP contribution is -2.37. The van der Waals surface area contributed by atoms with Gasteiger partial charge < -0.3 is 9.32 Å². The Kier molecular flexibility index (Phi) is 4.74. The van der Waals surface area contributed by atoms with Gasteiger partial charge >= 0.3 is 0 Å². The molecule has 2 aromatic rings. The monoisotopic (exact) mass is 295 g/mol. The van der Waals surface area contributed by atoms with Crippen LogP contribution in [0.15, 0.2) is 59.2 Å². The molecule has 3 rings (SSSR count). The molecule has 1 fully saturated rings. The molecule has 0 unspecified atom stereocenters. The molecule has 1 aliphatic heterocycles. The molecule has 0 radical (unpaired) electrons. The average molecular weight is 295 g/mol. The van der Waals surface area contributed by atoms with Crippen molar-refractivity contribution in [3.05, 3.63) is 66.1 Å². The Balaban J connectivity index is 1.48. The third kappa shape index (κ3) is 3.88. The molecule has 1 saturated heterocycles. The van der Waals surface area contributed by atoms with Gasteiger partial charge in [0.2, 0.25) is 5.91 Å². The van der Waals surface area contributed by atoms with E-state index >= 15 is 0 Å². The maximum Gasteiger partial charge on any atom is 0.246 e. The third-order valence-corrected chi connectivity index (χ3v) is 4.23. The zero-order valence-electron chi connectivity index (χ0n) is 12.7. The number of piperidine rings is 1. The van der Waals surface area contributed by atoms with E-state index in [-0.39, 0.29) is 5.91 Å². The topological polar surface area (TPSA) is 33.5 Å². The number of amides is 1. The third-order valence-electron chi connectivity index (χ3n) is 4.23. The van der Waals surface area contributed by atoms with E-state index in [2.05, 4.69) is 30.3 Å². The molecule has 0 saturated carbocycles. The van der Waals surface area contributed by atoms with E-state index in [9.17, 15) is 4.79 Å². The molecule has 3 heteroatoms. The van der Waals surface area contributed by atoms with Gasteiger partial charge in [0.1, 0.15) is 5.76 Å². The Morgan fingerprint density at radius 2 is 1.91 bits per heavy atom. The summed E-state index contributed by atoms with van der Waals surface area (Å²) in [7, 11) is 0. The number of benzene rings is 1. The molecule has 0 bridgehead atoms. The molecule has 0 atom stereocenters. The van der Waals surface area contributed by atoms with Gasteiger partial charge in [-0.15, -0.1) is 0 Å². The summed E-state index contributed by atoms with van der Waals surface area (Å²) in [4.78, 5) is 14.1. The summed E-state index contributed by atoms with van der Waals surface area (Å²) in [5, 5.41) is 0. The lowest BCUT2D eigenvalue weighted by molar-refractivity contribution is -0.127. The molecule has 0 spiro atoms. The predicted octanol–water partition coefficient (Wildman–Crippen LogP) is 3.77. The van der Waals surface area contributed by atoms with Gasteiger partial charge in [0.05, 0.1) is 6.26 Å².